The molecule has 0 saturated carbocycles. The van der Waals surface area contributed by atoms with E-state index in [0.29, 0.717) is 0 Å². The zero-order valence-corrected chi connectivity index (χ0v) is 15.5. The molecule has 1 atom stereocenters. The van der Waals surface area contributed by atoms with Crippen LogP contribution in [-0.2, 0) is 4.79 Å². The average molecular weight is 322 g/mol. The van der Waals surface area contributed by atoms with Crippen LogP contribution in [0.5, 0.6) is 0 Å². The quantitative estimate of drug-likeness (QED) is 0.764. The fourth-order valence-corrected chi connectivity index (χ4v) is 3.39. The number of rotatable bonds is 6. The van der Waals surface area contributed by atoms with Gasteiger partial charge in [-0.25, -0.2) is 0 Å². The highest BCUT2D eigenvalue weighted by Crippen LogP contribution is 2.17. The van der Waals surface area contributed by atoms with Crippen LogP contribution in [0.1, 0.15) is 53.4 Å². The monoisotopic (exact) mass is 321 g/mol. The molecular weight excluding hydrogens is 286 g/mol. The van der Waals surface area contributed by atoms with Gasteiger partial charge in [0.2, 0.25) is 5.91 Å². The van der Waals surface area contributed by atoms with Crippen LogP contribution in [0, 0.1) is 5.41 Å². The fraction of sp³-hybridized carbons (Fsp3) is 0.842. The Hall–Kier alpha value is -0.870. The Bertz CT molecular complexity index is 419. The third kappa shape index (κ3) is 6.27. The summed E-state index contributed by atoms with van der Waals surface area (Å²) in [4.78, 5) is 17.2. The predicted molar refractivity (Wildman–Crippen MR) is 96.5 cm³/mol. The Morgan fingerprint density at radius 1 is 1.17 bits per heavy atom. The number of nitrogens with one attached hydrogen (secondary N) is 1. The van der Waals surface area contributed by atoms with E-state index in [9.17, 15) is 4.79 Å². The van der Waals surface area contributed by atoms with Gasteiger partial charge in [0.1, 0.15) is 0 Å². The second kappa shape index (κ2) is 8.29. The molecule has 1 amide bonds. The smallest absolute Gasteiger partial charge is 0.225 e. The van der Waals surface area contributed by atoms with Gasteiger partial charge >= 0.3 is 0 Å². The molecule has 2 rings (SSSR count). The van der Waals surface area contributed by atoms with E-state index in [2.05, 4.69) is 28.1 Å². The summed E-state index contributed by atoms with van der Waals surface area (Å²) in [6.07, 6.45) is 7.25. The summed E-state index contributed by atoms with van der Waals surface area (Å²) < 4.78 is 0. The van der Waals surface area contributed by atoms with E-state index in [1.54, 1.807) is 0 Å². The van der Waals surface area contributed by atoms with E-state index in [-0.39, 0.29) is 17.4 Å². The van der Waals surface area contributed by atoms with Crippen LogP contribution in [0.3, 0.4) is 0 Å². The number of likely N-dealkylation sites (tertiary alicyclic amines) is 1. The topological polar surface area (TPSA) is 35.6 Å². The number of carbonyl (C=O) groups is 1. The van der Waals surface area contributed by atoms with Crippen LogP contribution in [0.2, 0.25) is 0 Å². The van der Waals surface area contributed by atoms with Crippen molar-refractivity contribution in [3.05, 3.63) is 11.6 Å². The first kappa shape index (κ1) is 18.5. The van der Waals surface area contributed by atoms with Gasteiger partial charge in [-0.1, -0.05) is 32.4 Å². The number of amides is 1. The lowest BCUT2D eigenvalue weighted by Gasteiger charge is -2.30. The molecule has 1 unspecified atom stereocenters. The lowest BCUT2D eigenvalue weighted by atomic mass is 9.94. The predicted octanol–water partition coefficient (Wildman–Crippen LogP) is 2.66. The van der Waals surface area contributed by atoms with Crippen molar-refractivity contribution in [3.63, 3.8) is 0 Å². The van der Waals surface area contributed by atoms with Gasteiger partial charge in [-0.05, 0) is 45.7 Å². The van der Waals surface area contributed by atoms with Crippen molar-refractivity contribution in [1.82, 2.24) is 15.1 Å². The van der Waals surface area contributed by atoms with Crippen LogP contribution in [0.25, 0.3) is 0 Å². The van der Waals surface area contributed by atoms with E-state index in [4.69, 9.17) is 0 Å². The Labute approximate surface area is 142 Å². The highest BCUT2D eigenvalue weighted by Gasteiger charge is 2.23. The van der Waals surface area contributed by atoms with Crippen molar-refractivity contribution in [1.29, 1.82) is 0 Å². The molecule has 2 aliphatic heterocycles. The van der Waals surface area contributed by atoms with E-state index in [0.717, 1.165) is 19.4 Å². The highest BCUT2D eigenvalue weighted by atomic mass is 16.2. The first-order valence-corrected chi connectivity index (χ1v) is 9.28. The van der Waals surface area contributed by atoms with Crippen LogP contribution in [0.4, 0.5) is 0 Å². The second-order valence-corrected chi connectivity index (χ2v) is 8.30. The molecular formula is C19H35N3O. The summed E-state index contributed by atoms with van der Waals surface area (Å²) in [5.41, 5.74) is 1.18. The first-order valence-electron chi connectivity index (χ1n) is 9.28. The van der Waals surface area contributed by atoms with E-state index in [1.165, 1.54) is 51.1 Å². The first-order chi connectivity index (χ1) is 10.8. The largest absolute Gasteiger partial charge is 0.353 e. The molecule has 4 heteroatoms. The minimum Gasteiger partial charge on any atom is -0.353 e. The molecule has 4 nitrogen and oxygen atoms in total. The Kier molecular flexibility index (Phi) is 6.66. The molecule has 1 N–H and O–H groups in total. The average Bonchev–Trinajstić information content (AvgIpc) is 2.97. The summed E-state index contributed by atoms with van der Waals surface area (Å²) in [5.74, 6) is 0.146. The third-order valence-corrected chi connectivity index (χ3v) is 4.86. The molecule has 0 bridgehead atoms. The molecule has 0 radical (unpaired) electrons. The number of carbonyl (C=O) groups excluding carboxylic acids is 1. The Morgan fingerprint density at radius 2 is 1.83 bits per heavy atom. The van der Waals surface area contributed by atoms with Gasteiger partial charge in [0.25, 0.3) is 0 Å². The standard InChI is InChI=1S/C19H35N3O/c1-16(20-18(23)19(2,3)4)14-17-8-7-11-22(15-17)13-12-21-9-5-6-10-21/h8,16H,5-7,9-15H2,1-4H3,(H,20,23). The minimum absolute atomic E-state index is 0.146. The summed E-state index contributed by atoms with van der Waals surface area (Å²) >= 11 is 0. The summed E-state index contributed by atoms with van der Waals surface area (Å²) in [7, 11) is 0. The van der Waals surface area contributed by atoms with Crippen LogP contribution in [0.15, 0.2) is 11.6 Å². The van der Waals surface area contributed by atoms with Gasteiger partial charge in [0, 0.05) is 37.6 Å². The van der Waals surface area contributed by atoms with Gasteiger partial charge in [-0.15, -0.1) is 0 Å². The lowest BCUT2D eigenvalue weighted by molar-refractivity contribution is -0.129. The van der Waals surface area contributed by atoms with Gasteiger partial charge in [-0.2, -0.15) is 0 Å². The molecule has 2 aliphatic rings. The van der Waals surface area contributed by atoms with E-state index in [1.807, 2.05) is 20.8 Å². The molecule has 132 valence electrons. The van der Waals surface area contributed by atoms with Crippen molar-refractivity contribution in [2.24, 2.45) is 5.41 Å². The van der Waals surface area contributed by atoms with Crippen molar-refractivity contribution in [2.75, 3.05) is 39.3 Å². The van der Waals surface area contributed by atoms with Crippen molar-refractivity contribution < 1.29 is 4.79 Å². The van der Waals surface area contributed by atoms with Gasteiger partial charge in [-0.3, -0.25) is 9.69 Å². The number of hydrogen-bond donors (Lipinski definition) is 1. The zero-order valence-electron chi connectivity index (χ0n) is 15.5. The van der Waals surface area contributed by atoms with Gasteiger partial charge < -0.3 is 10.2 Å². The number of hydrogen-bond acceptors (Lipinski definition) is 3. The molecule has 1 saturated heterocycles. The summed E-state index contributed by atoms with van der Waals surface area (Å²) in [5, 5.41) is 3.15. The van der Waals surface area contributed by atoms with Gasteiger partial charge in [0.15, 0.2) is 0 Å². The summed E-state index contributed by atoms with van der Waals surface area (Å²) in [6.45, 7) is 15.2. The maximum Gasteiger partial charge on any atom is 0.225 e. The van der Waals surface area contributed by atoms with Gasteiger partial charge in [0.05, 0.1) is 0 Å². The van der Waals surface area contributed by atoms with Crippen LogP contribution < -0.4 is 5.32 Å². The molecule has 0 aromatic heterocycles. The van der Waals surface area contributed by atoms with Crippen LogP contribution in [-0.4, -0.2) is 61.0 Å². The molecule has 2 heterocycles. The number of nitrogens with zero attached hydrogens (tertiary/aromatic N) is 2. The summed E-state index contributed by atoms with van der Waals surface area (Å²) in [6, 6.07) is 0.214. The molecule has 0 aliphatic carbocycles. The molecule has 0 spiro atoms. The third-order valence-electron chi connectivity index (χ3n) is 4.86. The lowest BCUT2D eigenvalue weighted by Crippen LogP contribution is -2.42. The molecule has 0 aromatic rings. The second-order valence-electron chi connectivity index (χ2n) is 8.30. The molecule has 0 aromatic carbocycles. The van der Waals surface area contributed by atoms with E-state index >= 15 is 0 Å². The SMILES string of the molecule is CC(CC1=CCCN(CCN2CCCC2)C1)NC(=O)C(C)(C)C. The zero-order chi connectivity index (χ0) is 16.9. The van der Waals surface area contributed by atoms with Crippen molar-refractivity contribution in [3.8, 4) is 0 Å². The molecule has 23 heavy (non-hydrogen) atoms. The van der Waals surface area contributed by atoms with Crippen LogP contribution >= 0.6 is 0 Å². The van der Waals surface area contributed by atoms with Crippen molar-refractivity contribution in [2.45, 2.75) is 59.4 Å². The van der Waals surface area contributed by atoms with Crippen molar-refractivity contribution >= 4 is 5.91 Å². The highest BCUT2D eigenvalue weighted by molar-refractivity contribution is 5.81. The minimum atomic E-state index is -0.309. The maximum atomic E-state index is 12.1. The fourth-order valence-electron chi connectivity index (χ4n) is 3.39. The normalized spacial score (nSPS) is 22.0. The van der Waals surface area contributed by atoms with E-state index < -0.39 is 0 Å². The Morgan fingerprint density at radius 3 is 2.48 bits per heavy atom. The molecule has 1 fully saturated rings. The maximum absolute atomic E-state index is 12.1. The Balaban J connectivity index is 1.72.